The molecule has 0 aromatic heterocycles. The van der Waals surface area contributed by atoms with Crippen LogP contribution in [0.4, 0.5) is 0 Å². The fraction of sp³-hybridized carbons (Fsp3) is 0.905. The number of unbranched alkanes of at least 4 members (excludes halogenated alkanes) is 9. The molecule has 0 bridgehead atoms. The molecule has 5 nitrogen and oxygen atoms in total. The highest BCUT2D eigenvalue weighted by Crippen LogP contribution is 2.25. The first-order valence-corrected chi connectivity index (χ1v) is 10.9. The van der Waals surface area contributed by atoms with Crippen molar-refractivity contribution in [2.75, 3.05) is 26.2 Å². The molecule has 5 heteroatoms. The smallest absolute Gasteiger partial charge is 0.246 e. The number of quaternary nitrogens is 1. The summed E-state index contributed by atoms with van der Waals surface area (Å²) in [4.78, 5) is 25.5. The Kier molecular flexibility index (Phi) is 12.4. The summed E-state index contributed by atoms with van der Waals surface area (Å²) in [5.74, 6) is -0.706. The minimum atomic E-state index is -0.997. The second kappa shape index (κ2) is 14.0. The Morgan fingerprint density at radius 3 is 2.08 bits per heavy atom. The predicted octanol–water partition coefficient (Wildman–Crippen LogP) is 1.55. The van der Waals surface area contributed by atoms with E-state index in [0.29, 0.717) is 5.91 Å². The van der Waals surface area contributed by atoms with E-state index in [2.05, 4.69) is 6.92 Å². The molecule has 1 rings (SSSR count). The Balaban J connectivity index is 1.95. The van der Waals surface area contributed by atoms with Crippen LogP contribution in [0.2, 0.25) is 0 Å². The van der Waals surface area contributed by atoms with Crippen LogP contribution < -0.4 is 10.0 Å². The van der Waals surface area contributed by atoms with E-state index >= 15 is 0 Å². The minimum Gasteiger partial charge on any atom is -0.544 e. The first kappa shape index (κ1) is 22.9. The van der Waals surface area contributed by atoms with Gasteiger partial charge in [0.2, 0.25) is 5.91 Å². The number of carbonyl (C=O) groups is 2. The number of likely N-dealkylation sites (N-methyl/N-ethyl adjacent to an activating group) is 1. The zero-order chi connectivity index (χ0) is 19.2. The van der Waals surface area contributed by atoms with Gasteiger partial charge in [0, 0.05) is 13.0 Å². The summed E-state index contributed by atoms with van der Waals surface area (Å²) in [6.45, 7) is 6.64. The molecule has 2 atom stereocenters. The van der Waals surface area contributed by atoms with Crippen LogP contribution in [0.1, 0.15) is 90.9 Å². The molecule has 0 aromatic carbocycles. The minimum absolute atomic E-state index is 0.0620. The Morgan fingerprint density at radius 1 is 0.962 bits per heavy atom. The van der Waals surface area contributed by atoms with Crippen molar-refractivity contribution in [3.63, 3.8) is 0 Å². The quantitative estimate of drug-likeness (QED) is 0.295. The summed E-state index contributed by atoms with van der Waals surface area (Å²) >= 11 is 0. The molecule has 2 unspecified atom stereocenters. The Bertz CT molecular complexity index is 401. The van der Waals surface area contributed by atoms with Gasteiger partial charge in [0.1, 0.15) is 12.6 Å². The van der Waals surface area contributed by atoms with Crippen molar-refractivity contribution in [3.05, 3.63) is 0 Å². The van der Waals surface area contributed by atoms with Gasteiger partial charge in [-0.15, -0.1) is 0 Å². The second-order valence-corrected chi connectivity index (χ2v) is 7.77. The van der Waals surface area contributed by atoms with E-state index in [1.807, 2.05) is 11.8 Å². The standard InChI is InChI=1S/C21H40N2O3/c1-3-5-6-7-8-9-10-11-12-13-15-19-21(26)23(19)17-14-16-22(4-2)18-20(24)25/h19H,3-18H2,1-2H3,(H,24,25). The van der Waals surface area contributed by atoms with Crippen LogP contribution in [0, 0.1) is 0 Å². The summed E-state index contributed by atoms with van der Waals surface area (Å²) in [7, 11) is 0. The number of hydrogen-bond donors (Lipinski definition) is 1. The maximum Gasteiger partial charge on any atom is 0.246 e. The predicted molar refractivity (Wildman–Crippen MR) is 103 cm³/mol. The van der Waals surface area contributed by atoms with E-state index in [1.54, 1.807) is 0 Å². The van der Waals surface area contributed by atoms with E-state index in [4.69, 9.17) is 0 Å². The highest BCUT2D eigenvalue weighted by molar-refractivity contribution is 5.96. The Morgan fingerprint density at radius 2 is 1.54 bits per heavy atom. The molecule has 1 aliphatic rings. The number of nitrogens with zero attached hydrogens (tertiary/aromatic N) is 1. The lowest BCUT2D eigenvalue weighted by molar-refractivity contribution is -0.892. The summed E-state index contributed by atoms with van der Waals surface area (Å²) < 4.78 is 0. The van der Waals surface area contributed by atoms with Gasteiger partial charge in [0.05, 0.1) is 19.1 Å². The molecule has 1 N–H and O–H groups in total. The second-order valence-electron chi connectivity index (χ2n) is 7.77. The maximum atomic E-state index is 11.8. The molecular weight excluding hydrogens is 328 g/mol. The van der Waals surface area contributed by atoms with Crippen LogP contribution in [-0.2, 0) is 9.59 Å². The first-order chi connectivity index (χ1) is 12.6. The van der Waals surface area contributed by atoms with Crippen molar-refractivity contribution in [2.45, 2.75) is 96.9 Å². The molecule has 1 saturated heterocycles. The van der Waals surface area contributed by atoms with Crippen molar-refractivity contribution in [1.82, 2.24) is 4.90 Å². The summed E-state index contributed by atoms with van der Waals surface area (Å²) in [6, 6.07) is 0.148. The average Bonchev–Trinajstić information content (AvgIpc) is 3.23. The topological polar surface area (TPSA) is 64.7 Å². The summed E-state index contributed by atoms with van der Waals surface area (Å²) in [6.07, 6.45) is 15.1. The van der Waals surface area contributed by atoms with E-state index in [1.165, 1.54) is 57.8 Å². The van der Waals surface area contributed by atoms with E-state index < -0.39 is 5.97 Å². The van der Waals surface area contributed by atoms with Crippen molar-refractivity contribution >= 4 is 11.9 Å². The van der Waals surface area contributed by atoms with E-state index in [0.717, 1.165) is 43.8 Å². The molecule has 26 heavy (non-hydrogen) atoms. The van der Waals surface area contributed by atoms with E-state index in [9.17, 15) is 14.7 Å². The van der Waals surface area contributed by atoms with Crippen LogP contribution in [-0.4, -0.2) is 49.0 Å². The van der Waals surface area contributed by atoms with Crippen molar-refractivity contribution in [3.8, 4) is 0 Å². The first-order valence-electron chi connectivity index (χ1n) is 10.9. The van der Waals surface area contributed by atoms with Gasteiger partial charge in [0.15, 0.2) is 0 Å². The number of hydrogen-bond acceptors (Lipinski definition) is 3. The molecule has 152 valence electrons. The summed E-state index contributed by atoms with van der Waals surface area (Å²) in [5, 5.41) is 10.7. The Hall–Kier alpha value is -1.10. The zero-order valence-corrected chi connectivity index (χ0v) is 17.1. The van der Waals surface area contributed by atoms with Gasteiger partial charge in [-0.2, -0.15) is 0 Å². The molecule has 1 amide bonds. The number of amides is 1. The van der Waals surface area contributed by atoms with Gasteiger partial charge in [-0.1, -0.05) is 71.1 Å². The largest absolute Gasteiger partial charge is 0.544 e. The fourth-order valence-corrected chi connectivity index (χ4v) is 3.72. The van der Waals surface area contributed by atoms with Gasteiger partial charge >= 0.3 is 0 Å². The van der Waals surface area contributed by atoms with Gasteiger partial charge in [-0.3, -0.25) is 4.79 Å². The van der Waals surface area contributed by atoms with Gasteiger partial charge in [-0.05, 0) is 13.3 Å². The van der Waals surface area contributed by atoms with Crippen LogP contribution in [0.15, 0.2) is 0 Å². The normalized spacial score (nSPS) is 17.5. The number of nitrogens with one attached hydrogen (secondary N) is 1. The third-order valence-electron chi connectivity index (χ3n) is 5.53. The number of carboxylic acid groups (broad SMARTS) is 1. The van der Waals surface area contributed by atoms with Gasteiger partial charge in [-0.25, -0.2) is 0 Å². The lowest BCUT2D eigenvalue weighted by Crippen LogP contribution is -3.13. The molecule has 0 spiro atoms. The lowest BCUT2D eigenvalue weighted by Gasteiger charge is -2.17. The highest BCUT2D eigenvalue weighted by atomic mass is 16.4. The number of carboxylic acids is 1. The van der Waals surface area contributed by atoms with E-state index in [-0.39, 0.29) is 12.6 Å². The van der Waals surface area contributed by atoms with Crippen LogP contribution in [0.25, 0.3) is 0 Å². The molecule has 0 radical (unpaired) electrons. The third kappa shape index (κ3) is 10.1. The molecule has 0 saturated carbocycles. The number of aliphatic carboxylic acids is 1. The third-order valence-corrected chi connectivity index (χ3v) is 5.53. The molecular formula is C21H40N2O3. The lowest BCUT2D eigenvalue weighted by atomic mass is 10.1. The van der Waals surface area contributed by atoms with Crippen molar-refractivity contribution < 1.29 is 19.6 Å². The van der Waals surface area contributed by atoms with Crippen molar-refractivity contribution in [2.24, 2.45) is 0 Å². The van der Waals surface area contributed by atoms with Crippen LogP contribution in [0.5, 0.6) is 0 Å². The molecule has 0 aromatic rings. The monoisotopic (exact) mass is 368 g/mol. The van der Waals surface area contributed by atoms with Crippen LogP contribution >= 0.6 is 0 Å². The average molecular weight is 369 g/mol. The molecule has 1 heterocycles. The Labute approximate surface area is 160 Å². The van der Waals surface area contributed by atoms with Crippen LogP contribution in [0.3, 0.4) is 0 Å². The zero-order valence-electron chi connectivity index (χ0n) is 17.1. The highest BCUT2D eigenvalue weighted by Gasteiger charge is 2.44. The number of carbonyl (C=O) groups excluding carboxylic acids is 2. The fourth-order valence-electron chi connectivity index (χ4n) is 3.72. The molecule has 0 aliphatic carbocycles. The SMILES string of the molecule is CCCCCCCCCCCCC1C(=O)N1CCC[NH+](CC)CC(=O)[O-]. The van der Waals surface area contributed by atoms with Gasteiger partial charge in [0.25, 0.3) is 0 Å². The van der Waals surface area contributed by atoms with Gasteiger partial charge < -0.3 is 19.7 Å². The van der Waals surface area contributed by atoms with Crippen molar-refractivity contribution in [1.29, 1.82) is 0 Å². The maximum absolute atomic E-state index is 11.8. The number of rotatable bonds is 18. The summed E-state index contributed by atoms with van der Waals surface area (Å²) in [5.41, 5.74) is 0. The molecule has 1 aliphatic heterocycles. The molecule has 1 fully saturated rings.